The first-order valence-electron chi connectivity index (χ1n) is 5.89. The molecule has 0 amide bonds. The van der Waals surface area contributed by atoms with E-state index in [0.29, 0.717) is 31.1 Å². The van der Waals surface area contributed by atoms with Crippen molar-refractivity contribution in [3.63, 3.8) is 0 Å². The first kappa shape index (κ1) is 14.4. The monoisotopic (exact) mass is 294 g/mol. The van der Waals surface area contributed by atoms with E-state index < -0.39 is 11.7 Å². The van der Waals surface area contributed by atoms with Gasteiger partial charge in [0.1, 0.15) is 5.82 Å². The number of aliphatic hydroxyl groups is 1. The third kappa shape index (κ3) is 3.30. The highest BCUT2D eigenvalue weighted by atomic mass is 35.5. The topological polar surface area (TPSA) is 36.4 Å². The highest BCUT2D eigenvalue weighted by Crippen LogP contribution is 2.34. The zero-order valence-corrected chi connectivity index (χ0v) is 11.0. The van der Waals surface area contributed by atoms with Crippen LogP contribution in [0.3, 0.4) is 0 Å². The lowest BCUT2D eigenvalue weighted by Crippen LogP contribution is -2.37. The summed E-state index contributed by atoms with van der Waals surface area (Å²) in [7, 11) is 1.73. The fourth-order valence-corrected chi connectivity index (χ4v) is 2.50. The fourth-order valence-electron chi connectivity index (χ4n) is 2.19. The first-order chi connectivity index (χ1) is 8.77. The highest BCUT2D eigenvalue weighted by molar-refractivity contribution is 6.33. The van der Waals surface area contributed by atoms with Crippen LogP contribution in [0.15, 0.2) is 12.3 Å². The minimum absolute atomic E-state index is 0.0165. The summed E-state index contributed by atoms with van der Waals surface area (Å²) in [6, 6.07) is 0.885. The van der Waals surface area contributed by atoms with Gasteiger partial charge < -0.3 is 10.0 Å². The van der Waals surface area contributed by atoms with Gasteiger partial charge in [-0.15, -0.1) is 0 Å². The lowest BCUT2D eigenvalue weighted by Gasteiger charge is -2.35. The fraction of sp³-hybridized carbons (Fsp3) is 0.583. The van der Waals surface area contributed by atoms with Gasteiger partial charge in [-0.25, -0.2) is 4.98 Å². The van der Waals surface area contributed by atoms with E-state index in [1.165, 1.54) is 0 Å². The SMILES string of the molecule is CN(CC1CC(O)C1)c1ncc(C(F)(F)F)cc1Cl. The van der Waals surface area contributed by atoms with Crippen molar-refractivity contribution in [2.75, 3.05) is 18.5 Å². The predicted octanol–water partition coefficient (Wildman–Crippen LogP) is 2.96. The molecule has 0 spiro atoms. The standard InChI is InChI=1S/C12H14ClF3N2O/c1-18(6-7-2-9(19)3-7)11-10(13)4-8(5-17-11)12(14,15)16/h4-5,7,9,19H,2-3,6H2,1H3. The molecule has 1 aromatic heterocycles. The van der Waals surface area contributed by atoms with E-state index in [1.54, 1.807) is 11.9 Å². The number of hydrogen-bond donors (Lipinski definition) is 1. The highest BCUT2D eigenvalue weighted by Gasteiger charge is 2.32. The molecule has 1 aromatic rings. The quantitative estimate of drug-likeness (QED) is 0.931. The van der Waals surface area contributed by atoms with Crippen LogP contribution in [0, 0.1) is 5.92 Å². The van der Waals surface area contributed by atoms with Gasteiger partial charge >= 0.3 is 6.18 Å². The van der Waals surface area contributed by atoms with Crippen LogP contribution in [-0.4, -0.2) is 29.8 Å². The molecule has 0 saturated heterocycles. The smallest absolute Gasteiger partial charge is 0.393 e. The molecule has 0 aliphatic heterocycles. The van der Waals surface area contributed by atoms with Crippen LogP contribution in [0.5, 0.6) is 0 Å². The van der Waals surface area contributed by atoms with Gasteiger partial charge in [-0.1, -0.05) is 11.6 Å². The van der Waals surface area contributed by atoms with Crippen LogP contribution >= 0.6 is 11.6 Å². The second kappa shape index (κ2) is 5.17. The van der Waals surface area contributed by atoms with Gasteiger partial charge in [-0.2, -0.15) is 13.2 Å². The Labute approximate surface area is 114 Å². The van der Waals surface area contributed by atoms with Crippen molar-refractivity contribution in [2.24, 2.45) is 5.92 Å². The number of anilines is 1. The van der Waals surface area contributed by atoms with Crippen molar-refractivity contribution in [3.8, 4) is 0 Å². The molecule has 3 nitrogen and oxygen atoms in total. The molecular formula is C12H14ClF3N2O. The number of nitrogens with zero attached hydrogens (tertiary/aromatic N) is 2. The van der Waals surface area contributed by atoms with Crippen LogP contribution in [0.4, 0.5) is 19.0 Å². The Kier molecular flexibility index (Phi) is 3.92. The number of alkyl halides is 3. The van der Waals surface area contributed by atoms with Gasteiger partial charge in [0.15, 0.2) is 0 Å². The summed E-state index contributed by atoms with van der Waals surface area (Å²) in [5.41, 5.74) is -0.853. The van der Waals surface area contributed by atoms with E-state index >= 15 is 0 Å². The second-order valence-corrected chi connectivity index (χ2v) is 5.31. The summed E-state index contributed by atoms with van der Waals surface area (Å²) < 4.78 is 37.4. The Hall–Kier alpha value is -1.01. The number of hydrogen-bond acceptors (Lipinski definition) is 3. The van der Waals surface area contributed by atoms with Crippen molar-refractivity contribution in [3.05, 3.63) is 22.8 Å². The lowest BCUT2D eigenvalue weighted by atomic mass is 9.82. The van der Waals surface area contributed by atoms with Crippen molar-refractivity contribution in [2.45, 2.75) is 25.1 Å². The number of halogens is 4. The van der Waals surface area contributed by atoms with Gasteiger partial charge in [0.2, 0.25) is 0 Å². The molecule has 0 radical (unpaired) electrons. The van der Waals surface area contributed by atoms with Crippen LogP contribution in [0.2, 0.25) is 5.02 Å². The first-order valence-corrected chi connectivity index (χ1v) is 6.27. The molecule has 7 heteroatoms. The molecule has 0 bridgehead atoms. The summed E-state index contributed by atoms with van der Waals surface area (Å²) in [5.74, 6) is 0.663. The molecule has 0 aromatic carbocycles. The normalized spacial score (nSPS) is 23.1. The van der Waals surface area contributed by atoms with Gasteiger partial charge in [0.25, 0.3) is 0 Å². The number of pyridine rings is 1. The molecular weight excluding hydrogens is 281 g/mol. The van der Waals surface area contributed by atoms with E-state index in [4.69, 9.17) is 11.6 Å². The van der Waals surface area contributed by atoms with E-state index in [0.717, 1.165) is 12.3 Å². The van der Waals surface area contributed by atoms with Crippen molar-refractivity contribution >= 4 is 17.4 Å². The van der Waals surface area contributed by atoms with E-state index in [-0.39, 0.29) is 11.1 Å². The summed E-state index contributed by atoms with van der Waals surface area (Å²) in [6.45, 7) is 0.620. The third-order valence-corrected chi connectivity index (χ3v) is 3.53. The second-order valence-electron chi connectivity index (χ2n) is 4.90. The Morgan fingerprint density at radius 2 is 2.11 bits per heavy atom. The largest absolute Gasteiger partial charge is 0.417 e. The van der Waals surface area contributed by atoms with Gasteiger partial charge in [0, 0.05) is 19.8 Å². The average Bonchev–Trinajstić information content (AvgIpc) is 2.25. The van der Waals surface area contributed by atoms with Gasteiger partial charge in [-0.05, 0) is 24.8 Å². The van der Waals surface area contributed by atoms with Gasteiger partial charge in [-0.3, -0.25) is 0 Å². The molecule has 1 fully saturated rings. The Balaban J connectivity index is 2.08. The summed E-state index contributed by atoms with van der Waals surface area (Å²) >= 11 is 5.85. The maximum atomic E-state index is 12.5. The minimum Gasteiger partial charge on any atom is -0.393 e. The van der Waals surface area contributed by atoms with Crippen LogP contribution in [0.25, 0.3) is 0 Å². The lowest BCUT2D eigenvalue weighted by molar-refractivity contribution is -0.137. The van der Waals surface area contributed by atoms with Crippen LogP contribution in [-0.2, 0) is 6.18 Å². The maximum Gasteiger partial charge on any atom is 0.417 e. The molecule has 19 heavy (non-hydrogen) atoms. The molecule has 1 saturated carbocycles. The molecule has 106 valence electrons. The minimum atomic E-state index is -4.44. The van der Waals surface area contributed by atoms with Crippen LogP contribution in [0.1, 0.15) is 18.4 Å². The predicted molar refractivity (Wildman–Crippen MR) is 66.2 cm³/mol. The summed E-state index contributed by atoms with van der Waals surface area (Å²) in [4.78, 5) is 5.51. The van der Waals surface area contributed by atoms with Crippen molar-refractivity contribution in [1.82, 2.24) is 4.98 Å². The average molecular weight is 295 g/mol. The Morgan fingerprint density at radius 1 is 1.47 bits per heavy atom. The zero-order valence-electron chi connectivity index (χ0n) is 10.3. The molecule has 0 unspecified atom stereocenters. The molecule has 1 aliphatic carbocycles. The zero-order chi connectivity index (χ0) is 14.2. The third-order valence-electron chi connectivity index (χ3n) is 3.25. The van der Waals surface area contributed by atoms with Gasteiger partial charge in [0.05, 0.1) is 16.7 Å². The summed E-state index contributed by atoms with van der Waals surface area (Å²) in [6.07, 6.45) is -2.49. The van der Waals surface area contributed by atoms with E-state index in [1.807, 2.05) is 0 Å². The van der Waals surface area contributed by atoms with Crippen molar-refractivity contribution < 1.29 is 18.3 Å². The number of aliphatic hydroxyl groups excluding tert-OH is 1. The maximum absolute atomic E-state index is 12.5. The molecule has 0 atom stereocenters. The molecule has 1 N–H and O–H groups in total. The van der Waals surface area contributed by atoms with Crippen LogP contribution < -0.4 is 4.90 Å². The Morgan fingerprint density at radius 3 is 2.58 bits per heavy atom. The van der Waals surface area contributed by atoms with E-state index in [2.05, 4.69) is 4.98 Å². The molecule has 2 rings (SSSR count). The Bertz CT molecular complexity index is 461. The molecule has 1 aliphatic rings. The number of aromatic nitrogens is 1. The summed E-state index contributed by atoms with van der Waals surface area (Å²) in [5, 5.41) is 9.18. The molecule has 1 heterocycles. The van der Waals surface area contributed by atoms with E-state index in [9.17, 15) is 18.3 Å². The number of rotatable bonds is 3. The van der Waals surface area contributed by atoms with Crippen molar-refractivity contribution in [1.29, 1.82) is 0 Å².